The number of amides is 2. The Hall–Kier alpha value is -2.25. The first-order valence-corrected chi connectivity index (χ1v) is 10.8. The Bertz CT molecular complexity index is 838. The average Bonchev–Trinajstić information content (AvgIpc) is 3.29. The number of likely N-dealkylation sites (tertiary alicyclic amines) is 1. The van der Waals surface area contributed by atoms with E-state index in [9.17, 15) is 9.59 Å². The molecule has 2 aliphatic rings. The molecule has 2 atom stereocenters. The van der Waals surface area contributed by atoms with Crippen LogP contribution in [0.25, 0.3) is 0 Å². The maximum atomic E-state index is 12.6. The van der Waals surface area contributed by atoms with E-state index in [1.54, 1.807) is 4.90 Å². The summed E-state index contributed by atoms with van der Waals surface area (Å²) in [6, 6.07) is 9.50. The van der Waals surface area contributed by atoms with Crippen LogP contribution in [0.2, 0.25) is 0 Å². The molecule has 2 amide bonds. The van der Waals surface area contributed by atoms with Gasteiger partial charge in [-0.2, -0.15) is 0 Å². The molecule has 3 heterocycles. The predicted molar refractivity (Wildman–Crippen MR) is 111 cm³/mol. The molecule has 2 aliphatic heterocycles. The highest BCUT2D eigenvalue weighted by molar-refractivity contribution is 7.13. The second-order valence-electron chi connectivity index (χ2n) is 7.86. The van der Waals surface area contributed by atoms with Gasteiger partial charge in [0.05, 0.1) is 11.6 Å². The van der Waals surface area contributed by atoms with E-state index in [0.29, 0.717) is 11.7 Å². The molecule has 0 spiro atoms. The van der Waals surface area contributed by atoms with Gasteiger partial charge in [0, 0.05) is 37.1 Å². The summed E-state index contributed by atoms with van der Waals surface area (Å²) < 4.78 is 0. The topological polar surface area (TPSA) is 65.5 Å². The van der Waals surface area contributed by atoms with E-state index in [2.05, 4.69) is 22.1 Å². The van der Waals surface area contributed by atoms with E-state index in [0.717, 1.165) is 36.9 Å². The summed E-state index contributed by atoms with van der Waals surface area (Å²) in [6.07, 6.45) is 2.78. The highest BCUT2D eigenvalue weighted by Gasteiger charge is 2.35. The third kappa shape index (κ3) is 4.42. The zero-order valence-electron chi connectivity index (χ0n) is 16.1. The van der Waals surface area contributed by atoms with Crippen molar-refractivity contribution in [3.63, 3.8) is 0 Å². The molecule has 4 rings (SSSR count). The fraction of sp³-hybridized carbons (Fsp3) is 0.476. The first-order chi connectivity index (χ1) is 13.6. The van der Waals surface area contributed by atoms with Crippen molar-refractivity contribution in [1.82, 2.24) is 9.88 Å². The van der Waals surface area contributed by atoms with Crippen LogP contribution in [-0.2, 0) is 16.1 Å². The standard InChI is InChI=1S/C21H26N4O2S/c1-15-6-5-9-24(11-15)13-17-14-28-21(22-17)23-20(27)16-10-19(26)25(12-16)18-7-3-2-4-8-18/h2-4,7-8,14-16H,5-6,9-13H2,1H3,(H,22,23,27). The number of hydrogen-bond donors (Lipinski definition) is 1. The number of para-hydroxylation sites is 1. The number of nitrogens with one attached hydrogen (secondary N) is 1. The monoisotopic (exact) mass is 398 g/mol. The van der Waals surface area contributed by atoms with E-state index >= 15 is 0 Å². The molecule has 2 fully saturated rings. The number of hydrogen-bond acceptors (Lipinski definition) is 5. The molecule has 2 saturated heterocycles. The maximum absolute atomic E-state index is 12.6. The summed E-state index contributed by atoms with van der Waals surface area (Å²) in [5.41, 5.74) is 1.85. The molecule has 0 aliphatic carbocycles. The smallest absolute Gasteiger partial charge is 0.231 e. The summed E-state index contributed by atoms with van der Waals surface area (Å²) in [5.74, 6) is 0.256. The third-order valence-corrected chi connectivity index (χ3v) is 6.28. The zero-order valence-corrected chi connectivity index (χ0v) is 17.0. The van der Waals surface area contributed by atoms with E-state index < -0.39 is 0 Å². The minimum absolute atomic E-state index is 0.00889. The lowest BCUT2D eigenvalue weighted by Crippen LogP contribution is -2.33. The Labute approximate surface area is 169 Å². The molecular weight excluding hydrogens is 372 g/mol. The van der Waals surface area contributed by atoms with Gasteiger partial charge in [0.1, 0.15) is 0 Å². The molecule has 1 aromatic carbocycles. The van der Waals surface area contributed by atoms with Crippen LogP contribution in [-0.4, -0.2) is 41.3 Å². The second kappa shape index (κ2) is 8.41. The number of carbonyl (C=O) groups is 2. The normalized spacial score (nSPS) is 23.2. The largest absolute Gasteiger partial charge is 0.312 e. The van der Waals surface area contributed by atoms with Gasteiger partial charge >= 0.3 is 0 Å². The summed E-state index contributed by atoms with van der Waals surface area (Å²) >= 11 is 1.46. The van der Waals surface area contributed by atoms with Crippen LogP contribution in [0, 0.1) is 11.8 Å². The first kappa shape index (κ1) is 19.1. The highest BCUT2D eigenvalue weighted by atomic mass is 32.1. The fourth-order valence-electron chi connectivity index (χ4n) is 4.04. The van der Waals surface area contributed by atoms with Crippen LogP contribution in [0.4, 0.5) is 10.8 Å². The predicted octanol–water partition coefficient (Wildman–Crippen LogP) is 3.37. The van der Waals surface area contributed by atoms with Crippen LogP contribution in [0.1, 0.15) is 31.9 Å². The SMILES string of the molecule is CC1CCCN(Cc2csc(NC(=O)C3CC(=O)N(c4ccccc4)C3)n2)C1. The molecule has 0 saturated carbocycles. The van der Waals surface area contributed by atoms with E-state index in [4.69, 9.17) is 0 Å². The van der Waals surface area contributed by atoms with Crippen molar-refractivity contribution in [2.75, 3.05) is 29.9 Å². The number of aromatic nitrogens is 1. The molecule has 2 unspecified atom stereocenters. The van der Waals surface area contributed by atoms with Gasteiger partial charge in [-0.1, -0.05) is 25.1 Å². The number of piperidine rings is 1. The quantitative estimate of drug-likeness (QED) is 0.839. The summed E-state index contributed by atoms with van der Waals surface area (Å²) in [7, 11) is 0. The number of nitrogens with zero attached hydrogens (tertiary/aromatic N) is 3. The lowest BCUT2D eigenvalue weighted by Gasteiger charge is -2.30. The van der Waals surface area contributed by atoms with E-state index in [1.165, 1.54) is 24.2 Å². The van der Waals surface area contributed by atoms with Gasteiger partial charge in [-0.25, -0.2) is 4.98 Å². The lowest BCUT2D eigenvalue weighted by molar-refractivity contribution is -0.122. The van der Waals surface area contributed by atoms with Crippen molar-refractivity contribution in [3.8, 4) is 0 Å². The van der Waals surface area contributed by atoms with Crippen molar-refractivity contribution in [1.29, 1.82) is 0 Å². The van der Waals surface area contributed by atoms with Crippen LogP contribution < -0.4 is 10.2 Å². The maximum Gasteiger partial charge on any atom is 0.231 e. The number of rotatable bonds is 5. The Morgan fingerprint density at radius 3 is 2.89 bits per heavy atom. The Kier molecular flexibility index (Phi) is 5.73. The average molecular weight is 399 g/mol. The van der Waals surface area contributed by atoms with Crippen molar-refractivity contribution in [2.45, 2.75) is 32.7 Å². The molecule has 7 heteroatoms. The minimum atomic E-state index is -0.344. The minimum Gasteiger partial charge on any atom is -0.312 e. The van der Waals surface area contributed by atoms with Crippen molar-refractivity contribution < 1.29 is 9.59 Å². The van der Waals surface area contributed by atoms with Crippen LogP contribution >= 0.6 is 11.3 Å². The molecule has 148 valence electrons. The van der Waals surface area contributed by atoms with Gasteiger partial charge in [0.15, 0.2) is 5.13 Å². The number of carbonyl (C=O) groups excluding carboxylic acids is 2. The van der Waals surface area contributed by atoms with Crippen molar-refractivity contribution in [2.24, 2.45) is 11.8 Å². The number of anilines is 2. The first-order valence-electron chi connectivity index (χ1n) is 9.91. The Balaban J connectivity index is 1.33. The molecule has 2 aromatic rings. The van der Waals surface area contributed by atoms with Crippen molar-refractivity contribution >= 4 is 34.0 Å². The van der Waals surface area contributed by atoms with Crippen LogP contribution in [0.15, 0.2) is 35.7 Å². The van der Waals surface area contributed by atoms with E-state index in [1.807, 2.05) is 35.7 Å². The van der Waals surface area contributed by atoms with Gasteiger partial charge in [-0.05, 0) is 37.4 Å². The Morgan fingerprint density at radius 2 is 2.11 bits per heavy atom. The highest BCUT2D eigenvalue weighted by Crippen LogP contribution is 2.27. The Morgan fingerprint density at radius 1 is 1.29 bits per heavy atom. The van der Waals surface area contributed by atoms with Gasteiger partial charge < -0.3 is 10.2 Å². The fourth-order valence-corrected chi connectivity index (χ4v) is 4.75. The van der Waals surface area contributed by atoms with Crippen LogP contribution in [0.3, 0.4) is 0 Å². The number of thiazole rings is 1. The van der Waals surface area contributed by atoms with Gasteiger partial charge in [-0.15, -0.1) is 11.3 Å². The molecule has 0 bridgehead atoms. The summed E-state index contributed by atoms with van der Waals surface area (Å²) in [4.78, 5) is 33.7. The molecular formula is C21H26N4O2S. The van der Waals surface area contributed by atoms with Gasteiger partial charge in [-0.3, -0.25) is 14.5 Å². The molecule has 28 heavy (non-hydrogen) atoms. The van der Waals surface area contributed by atoms with Gasteiger partial charge in [0.2, 0.25) is 11.8 Å². The summed E-state index contributed by atoms with van der Waals surface area (Å²) in [6.45, 7) is 5.77. The number of benzene rings is 1. The molecule has 0 radical (unpaired) electrons. The molecule has 6 nitrogen and oxygen atoms in total. The second-order valence-corrected chi connectivity index (χ2v) is 8.71. The van der Waals surface area contributed by atoms with E-state index in [-0.39, 0.29) is 24.2 Å². The zero-order chi connectivity index (χ0) is 19.5. The van der Waals surface area contributed by atoms with Gasteiger partial charge in [0.25, 0.3) is 0 Å². The lowest BCUT2D eigenvalue weighted by atomic mass is 10.0. The van der Waals surface area contributed by atoms with Crippen LogP contribution in [0.5, 0.6) is 0 Å². The summed E-state index contributed by atoms with van der Waals surface area (Å²) in [5, 5.41) is 5.55. The molecule has 1 N–H and O–H groups in total. The third-order valence-electron chi connectivity index (χ3n) is 5.47. The van der Waals surface area contributed by atoms with Crippen molar-refractivity contribution in [3.05, 3.63) is 41.4 Å². The molecule has 1 aromatic heterocycles.